The van der Waals surface area contributed by atoms with Crippen molar-refractivity contribution in [1.82, 2.24) is 4.98 Å². The van der Waals surface area contributed by atoms with Crippen molar-refractivity contribution in [3.63, 3.8) is 0 Å². The number of ether oxygens (including phenoxy) is 1. The summed E-state index contributed by atoms with van der Waals surface area (Å²) in [5.41, 5.74) is 0.0716. The van der Waals surface area contributed by atoms with Crippen LogP contribution in [0.4, 0.5) is 0 Å². The second kappa shape index (κ2) is 5.07. The van der Waals surface area contributed by atoms with E-state index in [0.29, 0.717) is 12.5 Å². The van der Waals surface area contributed by atoms with Crippen molar-refractivity contribution in [3.8, 4) is 5.88 Å². The number of aromatic nitrogens is 1. The van der Waals surface area contributed by atoms with Crippen LogP contribution in [-0.4, -0.2) is 29.9 Å². The van der Waals surface area contributed by atoms with Crippen LogP contribution in [0.15, 0.2) is 16.7 Å². The van der Waals surface area contributed by atoms with Gasteiger partial charge in [0.1, 0.15) is 0 Å². The van der Waals surface area contributed by atoms with Crippen molar-refractivity contribution in [2.24, 2.45) is 0 Å². The van der Waals surface area contributed by atoms with Gasteiger partial charge in [-0.3, -0.25) is 0 Å². The van der Waals surface area contributed by atoms with Gasteiger partial charge < -0.3 is 14.0 Å². The largest absolute Gasteiger partial charge is 0.500 e. The molecule has 0 bridgehead atoms. The second-order valence-electron chi connectivity index (χ2n) is 5.57. The molecule has 0 N–H and O–H groups in total. The van der Waals surface area contributed by atoms with Gasteiger partial charge in [0.15, 0.2) is 0 Å². The van der Waals surface area contributed by atoms with Crippen molar-refractivity contribution in [3.05, 3.63) is 16.7 Å². The maximum absolute atomic E-state index is 6.03. The van der Waals surface area contributed by atoms with E-state index in [1.807, 2.05) is 40.7 Å². The van der Waals surface area contributed by atoms with E-state index in [4.69, 9.17) is 14.0 Å². The summed E-state index contributed by atoms with van der Waals surface area (Å²) in [5, 5.41) is 0. The Balaban J connectivity index is 2.35. The summed E-state index contributed by atoms with van der Waals surface area (Å²) in [6, 6.07) is 1.93. The Morgan fingerprint density at radius 1 is 1.26 bits per heavy atom. The van der Waals surface area contributed by atoms with Gasteiger partial charge in [0.05, 0.1) is 17.8 Å². The van der Waals surface area contributed by atoms with Crippen LogP contribution in [0.1, 0.15) is 34.6 Å². The lowest BCUT2D eigenvalue weighted by molar-refractivity contribution is 0.00578. The van der Waals surface area contributed by atoms with Gasteiger partial charge in [0.25, 0.3) is 0 Å². The first-order valence-electron chi connectivity index (χ1n) is 6.41. The van der Waals surface area contributed by atoms with E-state index in [2.05, 4.69) is 20.9 Å². The van der Waals surface area contributed by atoms with Crippen molar-refractivity contribution < 1.29 is 14.0 Å². The summed E-state index contributed by atoms with van der Waals surface area (Å²) in [6.45, 7) is 10.6. The fraction of sp³-hybridized carbons (Fsp3) is 0.615. The highest BCUT2D eigenvalue weighted by Crippen LogP contribution is 2.37. The van der Waals surface area contributed by atoms with E-state index >= 15 is 0 Å². The quantitative estimate of drug-likeness (QED) is 0.800. The molecule has 1 saturated heterocycles. The predicted octanol–water partition coefficient (Wildman–Crippen LogP) is 2.54. The molecule has 2 rings (SSSR count). The van der Waals surface area contributed by atoms with Crippen LogP contribution in [0.5, 0.6) is 5.88 Å². The van der Waals surface area contributed by atoms with E-state index in [-0.39, 0.29) is 11.2 Å². The highest BCUT2D eigenvalue weighted by Gasteiger charge is 2.52. The molecule has 0 aromatic carbocycles. The zero-order chi connectivity index (χ0) is 14.3. The molecule has 0 unspecified atom stereocenters. The number of nitrogens with zero attached hydrogens (tertiary/aromatic N) is 1. The van der Waals surface area contributed by atoms with Crippen LogP contribution in [-0.2, 0) is 9.31 Å². The summed E-state index contributed by atoms with van der Waals surface area (Å²) in [5.74, 6) is 0.559. The normalized spacial score (nSPS) is 20.6. The summed E-state index contributed by atoms with van der Waals surface area (Å²) >= 11 is 3.42. The topological polar surface area (TPSA) is 40.6 Å². The molecular formula is C13H19BBrNO3. The molecular weight excluding hydrogens is 309 g/mol. The third-order valence-corrected chi connectivity index (χ3v) is 4.07. The minimum Gasteiger partial charge on any atom is -0.478 e. The molecule has 1 aromatic heterocycles. The van der Waals surface area contributed by atoms with Crippen LogP contribution in [0.2, 0.25) is 0 Å². The molecule has 1 aliphatic heterocycles. The maximum atomic E-state index is 6.03. The number of hydrogen-bond acceptors (Lipinski definition) is 4. The minimum absolute atomic E-state index is 0.372. The number of pyridine rings is 1. The Hall–Kier alpha value is -0.585. The summed E-state index contributed by atoms with van der Waals surface area (Å²) in [6.07, 6.45) is 1.71. The van der Waals surface area contributed by atoms with E-state index in [1.54, 1.807) is 6.20 Å². The van der Waals surface area contributed by atoms with E-state index in [9.17, 15) is 0 Å². The molecule has 6 heteroatoms. The molecule has 0 spiro atoms. The number of hydrogen-bond donors (Lipinski definition) is 0. The van der Waals surface area contributed by atoms with E-state index in [0.717, 1.165) is 9.94 Å². The fourth-order valence-electron chi connectivity index (χ4n) is 1.84. The van der Waals surface area contributed by atoms with Crippen LogP contribution in [0.25, 0.3) is 0 Å². The second-order valence-corrected chi connectivity index (χ2v) is 6.48. The molecule has 0 radical (unpaired) electrons. The van der Waals surface area contributed by atoms with Gasteiger partial charge in [-0.2, -0.15) is 0 Å². The summed E-state index contributed by atoms with van der Waals surface area (Å²) in [4.78, 5) is 4.28. The summed E-state index contributed by atoms with van der Waals surface area (Å²) in [7, 11) is -0.462. The Bertz CT molecular complexity index is 463. The molecule has 2 heterocycles. The minimum atomic E-state index is -0.462. The Labute approximate surface area is 123 Å². The van der Waals surface area contributed by atoms with Gasteiger partial charge in [-0.05, 0) is 56.6 Å². The lowest BCUT2D eigenvalue weighted by atomic mass is 9.80. The number of halogens is 1. The van der Waals surface area contributed by atoms with Crippen LogP contribution < -0.4 is 10.2 Å². The zero-order valence-electron chi connectivity index (χ0n) is 12.0. The molecule has 0 saturated carbocycles. The smallest absolute Gasteiger partial charge is 0.478 e. The molecule has 104 valence electrons. The molecule has 19 heavy (non-hydrogen) atoms. The third-order valence-electron chi connectivity index (χ3n) is 3.63. The van der Waals surface area contributed by atoms with E-state index in [1.165, 1.54) is 0 Å². The molecule has 0 amide bonds. The van der Waals surface area contributed by atoms with Crippen LogP contribution in [0.3, 0.4) is 0 Å². The average Bonchev–Trinajstić information content (AvgIpc) is 2.51. The Kier molecular flexibility index (Phi) is 3.96. The highest BCUT2D eigenvalue weighted by molar-refractivity contribution is 9.10. The van der Waals surface area contributed by atoms with Gasteiger partial charge in [-0.15, -0.1) is 0 Å². The zero-order valence-corrected chi connectivity index (χ0v) is 13.6. The highest BCUT2D eigenvalue weighted by atomic mass is 79.9. The van der Waals surface area contributed by atoms with Gasteiger partial charge >= 0.3 is 7.12 Å². The fourth-order valence-corrected chi connectivity index (χ4v) is 2.19. The maximum Gasteiger partial charge on any atom is 0.500 e. The molecule has 1 aromatic rings. The molecule has 0 aliphatic carbocycles. The van der Waals surface area contributed by atoms with Gasteiger partial charge in [0.2, 0.25) is 5.88 Å². The number of rotatable bonds is 3. The van der Waals surface area contributed by atoms with Crippen molar-refractivity contribution in [1.29, 1.82) is 0 Å². The average molecular weight is 328 g/mol. The molecule has 0 atom stereocenters. The standard InChI is InChI=1S/C13H19BBrNO3/c1-6-17-11-10(7-9(15)8-16-11)14-18-12(2,3)13(4,5)19-14/h7-8H,6H2,1-5H3. The third kappa shape index (κ3) is 2.80. The van der Waals surface area contributed by atoms with Gasteiger partial charge in [0, 0.05) is 16.1 Å². The Morgan fingerprint density at radius 3 is 2.37 bits per heavy atom. The van der Waals surface area contributed by atoms with Crippen molar-refractivity contribution in [2.45, 2.75) is 45.8 Å². The predicted molar refractivity (Wildman–Crippen MR) is 78.8 cm³/mol. The molecule has 1 fully saturated rings. The van der Waals surface area contributed by atoms with Crippen LogP contribution >= 0.6 is 15.9 Å². The van der Waals surface area contributed by atoms with Gasteiger partial charge in [-0.1, -0.05) is 0 Å². The first-order chi connectivity index (χ1) is 8.77. The van der Waals surface area contributed by atoms with Gasteiger partial charge in [-0.25, -0.2) is 4.98 Å². The first-order valence-corrected chi connectivity index (χ1v) is 7.20. The van der Waals surface area contributed by atoms with Crippen molar-refractivity contribution >= 4 is 28.5 Å². The molecule has 4 nitrogen and oxygen atoms in total. The first kappa shape index (κ1) is 14.8. The Morgan fingerprint density at radius 2 is 1.84 bits per heavy atom. The van der Waals surface area contributed by atoms with Crippen LogP contribution in [0, 0.1) is 0 Å². The SMILES string of the molecule is CCOc1ncc(Br)cc1B1OC(C)(C)C(C)(C)O1. The monoisotopic (exact) mass is 327 g/mol. The van der Waals surface area contributed by atoms with E-state index < -0.39 is 7.12 Å². The summed E-state index contributed by atoms with van der Waals surface area (Å²) < 4.78 is 18.5. The lowest BCUT2D eigenvalue weighted by Crippen LogP contribution is -2.41. The van der Waals surface area contributed by atoms with Crippen molar-refractivity contribution in [2.75, 3.05) is 6.61 Å². The lowest BCUT2D eigenvalue weighted by Gasteiger charge is -2.32. The molecule has 1 aliphatic rings.